The van der Waals surface area contributed by atoms with Crippen molar-refractivity contribution in [1.82, 2.24) is 0 Å². The number of aryl methyl sites for hydroxylation is 1. The van der Waals surface area contributed by atoms with Crippen LogP contribution in [0, 0.1) is 6.92 Å². The Kier molecular flexibility index (Phi) is 2.27. The maximum absolute atomic E-state index is 11.2. The van der Waals surface area contributed by atoms with Gasteiger partial charge in [-0.15, -0.1) is 11.8 Å². The van der Waals surface area contributed by atoms with Crippen LogP contribution >= 0.6 is 11.8 Å². The van der Waals surface area contributed by atoms with E-state index in [0.717, 1.165) is 11.4 Å². The molecule has 0 spiro atoms. The van der Waals surface area contributed by atoms with Crippen molar-refractivity contribution in [1.29, 1.82) is 0 Å². The van der Waals surface area contributed by atoms with E-state index in [4.69, 9.17) is 0 Å². The summed E-state index contributed by atoms with van der Waals surface area (Å²) in [4.78, 5) is 12.4. The molecular weight excluding hydrogens is 182 g/mol. The molecule has 0 unspecified atom stereocenters. The second-order valence-electron chi connectivity index (χ2n) is 3.15. The van der Waals surface area contributed by atoms with Gasteiger partial charge in [-0.3, -0.25) is 4.79 Å². The molecule has 2 rings (SSSR count). The van der Waals surface area contributed by atoms with Crippen LogP contribution in [0.4, 0.5) is 5.69 Å². The summed E-state index contributed by atoms with van der Waals surface area (Å²) in [6, 6.07) is 6.16. The molecule has 1 N–H and O–H groups in total. The van der Waals surface area contributed by atoms with E-state index in [2.05, 4.69) is 17.4 Å². The van der Waals surface area contributed by atoms with E-state index in [-0.39, 0.29) is 5.91 Å². The molecule has 0 saturated carbocycles. The molecule has 0 aromatic heterocycles. The molecule has 1 aliphatic heterocycles. The van der Waals surface area contributed by atoms with Gasteiger partial charge in [0.1, 0.15) is 0 Å². The summed E-state index contributed by atoms with van der Waals surface area (Å²) < 4.78 is 0. The molecule has 13 heavy (non-hydrogen) atoms. The zero-order chi connectivity index (χ0) is 9.26. The number of anilines is 1. The van der Waals surface area contributed by atoms with Crippen LogP contribution in [-0.4, -0.2) is 11.7 Å². The topological polar surface area (TPSA) is 29.1 Å². The number of hydrogen-bond acceptors (Lipinski definition) is 2. The number of hydrogen-bond donors (Lipinski definition) is 1. The van der Waals surface area contributed by atoms with Gasteiger partial charge in [0.2, 0.25) is 5.91 Å². The molecule has 0 radical (unpaired) electrons. The lowest BCUT2D eigenvalue weighted by Crippen LogP contribution is -2.10. The smallest absolute Gasteiger partial charge is 0.225 e. The fourth-order valence-electron chi connectivity index (χ4n) is 1.33. The largest absolute Gasteiger partial charge is 0.325 e. The maximum atomic E-state index is 11.2. The normalized spacial score (nSPS) is 15.9. The van der Waals surface area contributed by atoms with E-state index in [9.17, 15) is 4.79 Å². The van der Waals surface area contributed by atoms with Crippen molar-refractivity contribution in [2.24, 2.45) is 0 Å². The van der Waals surface area contributed by atoms with Crippen molar-refractivity contribution in [2.45, 2.75) is 18.2 Å². The van der Waals surface area contributed by atoms with E-state index < -0.39 is 0 Å². The van der Waals surface area contributed by atoms with Crippen molar-refractivity contribution in [3.05, 3.63) is 23.8 Å². The Morgan fingerprint density at radius 2 is 2.31 bits per heavy atom. The predicted molar refractivity (Wildman–Crippen MR) is 55.1 cm³/mol. The highest BCUT2D eigenvalue weighted by Crippen LogP contribution is 2.31. The van der Waals surface area contributed by atoms with Crippen LogP contribution in [0.1, 0.15) is 12.0 Å². The van der Waals surface area contributed by atoms with Crippen LogP contribution in [0.3, 0.4) is 0 Å². The Balaban J connectivity index is 2.40. The SMILES string of the molecule is Cc1ccc2c(c1)NC(=O)CCS2. The minimum Gasteiger partial charge on any atom is -0.325 e. The minimum atomic E-state index is 0.122. The molecule has 3 heteroatoms. The second kappa shape index (κ2) is 3.42. The third-order valence-corrected chi connectivity index (χ3v) is 3.07. The average Bonchev–Trinajstić information content (AvgIpc) is 2.25. The summed E-state index contributed by atoms with van der Waals surface area (Å²) >= 11 is 1.74. The monoisotopic (exact) mass is 193 g/mol. The number of fused-ring (bicyclic) bond motifs is 1. The first-order valence-electron chi connectivity index (χ1n) is 4.29. The molecule has 2 nitrogen and oxygen atoms in total. The predicted octanol–water partition coefficient (Wildman–Crippen LogP) is 2.43. The summed E-state index contributed by atoms with van der Waals surface area (Å²) in [7, 11) is 0. The molecular formula is C10H11NOS. The number of amides is 1. The molecule has 1 aliphatic rings. The molecule has 0 bridgehead atoms. The summed E-state index contributed by atoms with van der Waals surface area (Å²) in [5, 5.41) is 2.90. The Morgan fingerprint density at radius 3 is 3.15 bits per heavy atom. The van der Waals surface area contributed by atoms with Crippen LogP contribution < -0.4 is 5.32 Å². The molecule has 1 aromatic carbocycles. The van der Waals surface area contributed by atoms with Crippen LogP contribution in [0.2, 0.25) is 0 Å². The highest BCUT2D eigenvalue weighted by Gasteiger charge is 2.12. The molecule has 0 aliphatic carbocycles. The first kappa shape index (κ1) is 8.63. The van der Waals surface area contributed by atoms with E-state index in [1.807, 2.05) is 13.0 Å². The Morgan fingerprint density at radius 1 is 1.46 bits per heavy atom. The lowest BCUT2D eigenvalue weighted by Gasteiger charge is -2.05. The number of benzene rings is 1. The third kappa shape index (κ3) is 1.86. The van der Waals surface area contributed by atoms with Crippen molar-refractivity contribution >= 4 is 23.4 Å². The van der Waals surface area contributed by atoms with E-state index in [1.165, 1.54) is 10.5 Å². The second-order valence-corrected chi connectivity index (χ2v) is 4.28. The van der Waals surface area contributed by atoms with E-state index >= 15 is 0 Å². The van der Waals surface area contributed by atoms with E-state index in [0.29, 0.717) is 6.42 Å². The Bertz CT molecular complexity index is 349. The molecule has 0 fully saturated rings. The zero-order valence-electron chi connectivity index (χ0n) is 7.46. The average molecular weight is 193 g/mol. The summed E-state index contributed by atoms with van der Waals surface area (Å²) in [5.41, 5.74) is 2.15. The molecule has 0 atom stereocenters. The Labute approximate surface area is 81.7 Å². The number of carbonyl (C=O) groups is 1. The standard InChI is InChI=1S/C10H11NOS/c1-7-2-3-9-8(6-7)11-10(12)4-5-13-9/h2-3,6H,4-5H2,1H3,(H,11,12). The zero-order valence-corrected chi connectivity index (χ0v) is 8.28. The number of thioether (sulfide) groups is 1. The highest BCUT2D eigenvalue weighted by molar-refractivity contribution is 7.99. The van der Waals surface area contributed by atoms with Gasteiger partial charge < -0.3 is 5.32 Å². The molecule has 0 saturated heterocycles. The van der Waals surface area contributed by atoms with Crippen LogP contribution in [-0.2, 0) is 4.79 Å². The van der Waals surface area contributed by atoms with Crippen LogP contribution in [0.15, 0.2) is 23.1 Å². The van der Waals surface area contributed by atoms with Crippen LogP contribution in [0.25, 0.3) is 0 Å². The molecule has 1 aromatic rings. The van der Waals surface area contributed by atoms with Gasteiger partial charge in [-0.2, -0.15) is 0 Å². The van der Waals surface area contributed by atoms with Gasteiger partial charge in [-0.05, 0) is 24.6 Å². The van der Waals surface area contributed by atoms with Crippen molar-refractivity contribution in [2.75, 3.05) is 11.1 Å². The fraction of sp³-hybridized carbons (Fsp3) is 0.300. The fourth-order valence-corrected chi connectivity index (χ4v) is 2.27. The lowest BCUT2D eigenvalue weighted by atomic mass is 10.2. The summed E-state index contributed by atoms with van der Waals surface area (Å²) in [6.45, 7) is 2.03. The Hall–Kier alpha value is -0.960. The quantitative estimate of drug-likeness (QED) is 0.685. The van der Waals surface area contributed by atoms with Gasteiger partial charge in [0.15, 0.2) is 0 Å². The minimum absolute atomic E-state index is 0.122. The number of carbonyl (C=O) groups excluding carboxylic acids is 1. The number of nitrogens with one attached hydrogen (secondary N) is 1. The van der Waals surface area contributed by atoms with Gasteiger partial charge in [0.05, 0.1) is 5.69 Å². The maximum Gasteiger partial charge on any atom is 0.225 e. The third-order valence-electron chi connectivity index (χ3n) is 2.00. The first-order chi connectivity index (χ1) is 6.25. The van der Waals surface area contributed by atoms with Gasteiger partial charge in [0, 0.05) is 17.1 Å². The summed E-state index contributed by atoms with van der Waals surface area (Å²) in [5.74, 6) is 0.999. The van der Waals surface area contributed by atoms with E-state index in [1.54, 1.807) is 11.8 Å². The molecule has 1 amide bonds. The van der Waals surface area contributed by atoms with Crippen molar-refractivity contribution < 1.29 is 4.79 Å². The lowest BCUT2D eigenvalue weighted by molar-refractivity contribution is -0.115. The van der Waals surface area contributed by atoms with Crippen LogP contribution in [0.5, 0.6) is 0 Å². The van der Waals surface area contributed by atoms with Gasteiger partial charge in [-0.25, -0.2) is 0 Å². The highest BCUT2D eigenvalue weighted by atomic mass is 32.2. The van der Waals surface area contributed by atoms with Gasteiger partial charge in [0.25, 0.3) is 0 Å². The number of rotatable bonds is 0. The van der Waals surface area contributed by atoms with Crippen molar-refractivity contribution in [3.63, 3.8) is 0 Å². The van der Waals surface area contributed by atoms with Crippen molar-refractivity contribution in [3.8, 4) is 0 Å². The molecule has 68 valence electrons. The summed E-state index contributed by atoms with van der Waals surface area (Å²) in [6.07, 6.45) is 0.610. The van der Waals surface area contributed by atoms with Gasteiger partial charge >= 0.3 is 0 Å². The van der Waals surface area contributed by atoms with Gasteiger partial charge in [-0.1, -0.05) is 6.07 Å². The first-order valence-corrected chi connectivity index (χ1v) is 5.27. The molecule has 1 heterocycles.